The zero-order valence-electron chi connectivity index (χ0n) is 10.1. The summed E-state index contributed by atoms with van der Waals surface area (Å²) in [6, 6.07) is 5.94. The van der Waals surface area contributed by atoms with Gasteiger partial charge in [0.05, 0.1) is 0 Å². The van der Waals surface area contributed by atoms with Crippen LogP contribution in [-0.4, -0.2) is 16.1 Å². The lowest BCUT2D eigenvalue weighted by molar-refractivity contribution is 0.726. The molecular weight excluding hydrogens is 234 g/mol. The zero-order chi connectivity index (χ0) is 12.3. The standard InChI is InChI=1S/C13H16ClN3/c1-3-15-9-10-4-5-11(14)8-12(10)13-16-6-7-17(13)2/h4-8,15H,3,9H2,1-2H3. The van der Waals surface area contributed by atoms with Gasteiger partial charge in [-0.1, -0.05) is 24.6 Å². The van der Waals surface area contributed by atoms with Gasteiger partial charge in [-0.2, -0.15) is 0 Å². The van der Waals surface area contributed by atoms with Gasteiger partial charge in [-0.15, -0.1) is 0 Å². The molecule has 0 atom stereocenters. The van der Waals surface area contributed by atoms with Crippen molar-refractivity contribution in [3.8, 4) is 11.4 Å². The Balaban J connectivity index is 2.43. The van der Waals surface area contributed by atoms with Crippen molar-refractivity contribution in [2.75, 3.05) is 6.54 Å². The molecule has 0 unspecified atom stereocenters. The molecule has 0 bridgehead atoms. The molecule has 1 aromatic carbocycles. The van der Waals surface area contributed by atoms with E-state index in [1.54, 1.807) is 6.20 Å². The maximum absolute atomic E-state index is 6.06. The van der Waals surface area contributed by atoms with E-state index < -0.39 is 0 Å². The summed E-state index contributed by atoms with van der Waals surface area (Å²) in [6.07, 6.45) is 3.74. The molecule has 2 rings (SSSR count). The van der Waals surface area contributed by atoms with Crippen LogP contribution in [0.25, 0.3) is 11.4 Å². The van der Waals surface area contributed by atoms with Crippen molar-refractivity contribution in [1.82, 2.24) is 14.9 Å². The second-order valence-electron chi connectivity index (χ2n) is 3.94. The molecule has 0 fully saturated rings. The second kappa shape index (κ2) is 5.34. The molecule has 0 radical (unpaired) electrons. The summed E-state index contributed by atoms with van der Waals surface area (Å²) in [5.74, 6) is 0.945. The molecule has 1 N–H and O–H groups in total. The number of aryl methyl sites for hydroxylation is 1. The summed E-state index contributed by atoms with van der Waals surface area (Å²) >= 11 is 6.06. The number of nitrogens with zero attached hydrogens (tertiary/aromatic N) is 2. The van der Waals surface area contributed by atoms with Crippen molar-refractivity contribution in [3.63, 3.8) is 0 Å². The van der Waals surface area contributed by atoms with Crippen LogP contribution < -0.4 is 5.32 Å². The Morgan fingerprint density at radius 2 is 2.24 bits per heavy atom. The first-order chi connectivity index (χ1) is 8.22. The number of rotatable bonds is 4. The Labute approximate surface area is 106 Å². The number of imidazole rings is 1. The number of nitrogens with one attached hydrogen (secondary N) is 1. The predicted molar refractivity (Wildman–Crippen MR) is 71.0 cm³/mol. The molecule has 0 aliphatic carbocycles. The van der Waals surface area contributed by atoms with E-state index >= 15 is 0 Å². The Hall–Kier alpha value is -1.32. The van der Waals surface area contributed by atoms with Crippen molar-refractivity contribution in [2.45, 2.75) is 13.5 Å². The molecule has 0 amide bonds. The predicted octanol–water partition coefficient (Wildman–Crippen LogP) is 2.85. The van der Waals surface area contributed by atoms with Gasteiger partial charge in [0.2, 0.25) is 0 Å². The lowest BCUT2D eigenvalue weighted by atomic mass is 10.1. The largest absolute Gasteiger partial charge is 0.334 e. The Bertz CT molecular complexity index is 505. The molecule has 0 spiro atoms. The summed E-state index contributed by atoms with van der Waals surface area (Å²) in [7, 11) is 1.99. The lowest BCUT2D eigenvalue weighted by Crippen LogP contribution is -2.13. The van der Waals surface area contributed by atoms with Gasteiger partial charge in [-0.3, -0.25) is 0 Å². The van der Waals surface area contributed by atoms with Crippen LogP contribution in [0.15, 0.2) is 30.6 Å². The average molecular weight is 250 g/mol. The highest BCUT2D eigenvalue weighted by molar-refractivity contribution is 6.30. The highest BCUT2D eigenvalue weighted by Crippen LogP contribution is 2.25. The van der Waals surface area contributed by atoms with E-state index in [9.17, 15) is 0 Å². The normalized spacial score (nSPS) is 10.8. The van der Waals surface area contributed by atoms with Gasteiger partial charge < -0.3 is 9.88 Å². The van der Waals surface area contributed by atoms with Crippen LogP contribution >= 0.6 is 11.6 Å². The summed E-state index contributed by atoms with van der Waals surface area (Å²) in [4.78, 5) is 4.37. The average Bonchev–Trinajstić information content (AvgIpc) is 2.74. The minimum atomic E-state index is 0.739. The van der Waals surface area contributed by atoms with Crippen molar-refractivity contribution in [3.05, 3.63) is 41.2 Å². The highest BCUT2D eigenvalue weighted by Gasteiger charge is 2.09. The molecule has 4 heteroatoms. The van der Waals surface area contributed by atoms with Crippen LogP contribution in [0.5, 0.6) is 0 Å². The summed E-state index contributed by atoms with van der Waals surface area (Å²) < 4.78 is 2.00. The van der Waals surface area contributed by atoms with E-state index in [1.165, 1.54) is 5.56 Å². The zero-order valence-corrected chi connectivity index (χ0v) is 10.8. The van der Waals surface area contributed by atoms with Crippen LogP contribution in [0.3, 0.4) is 0 Å². The molecule has 90 valence electrons. The first-order valence-corrected chi connectivity index (χ1v) is 6.07. The molecule has 1 aromatic heterocycles. The Morgan fingerprint density at radius 1 is 1.41 bits per heavy atom. The third-order valence-corrected chi connectivity index (χ3v) is 2.93. The fraction of sp³-hybridized carbons (Fsp3) is 0.308. The summed E-state index contributed by atoms with van der Waals surface area (Å²) in [6.45, 7) is 3.87. The van der Waals surface area contributed by atoms with Gasteiger partial charge in [-0.25, -0.2) is 4.98 Å². The maximum atomic E-state index is 6.06. The van der Waals surface area contributed by atoms with Crippen molar-refractivity contribution >= 4 is 11.6 Å². The van der Waals surface area contributed by atoms with Gasteiger partial charge in [0.1, 0.15) is 5.82 Å². The molecule has 2 aromatic rings. The number of aromatic nitrogens is 2. The molecule has 0 aliphatic rings. The van der Waals surface area contributed by atoms with Crippen molar-refractivity contribution < 1.29 is 0 Å². The van der Waals surface area contributed by atoms with Crippen LogP contribution in [0.4, 0.5) is 0 Å². The first-order valence-electron chi connectivity index (χ1n) is 5.69. The third-order valence-electron chi connectivity index (χ3n) is 2.70. The number of benzene rings is 1. The number of hydrogen-bond donors (Lipinski definition) is 1. The molecule has 17 heavy (non-hydrogen) atoms. The first kappa shape index (κ1) is 12.1. The van der Waals surface area contributed by atoms with E-state index in [2.05, 4.69) is 23.3 Å². The molecular formula is C13H16ClN3. The molecule has 0 saturated carbocycles. The van der Waals surface area contributed by atoms with E-state index in [1.807, 2.05) is 29.9 Å². The van der Waals surface area contributed by atoms with E-state index in [0.717, 1.165) is 29.5 Å². The molecule has 3 nitrogen and oxygen atoms in total. The maximum Gasteiger partial charge on any atom is 0.139 e. The Morgan fingerprint density at radius 3 is 2.88 bits per heavy atom. The molecule has 1 heterocycles. The fourth-order valence-corrected chi connectivity index (χ4v) is 1.97. The molecule has 0 aliphatic heterocycles. The quantitative estimate of drug-likeness (QED) is 0.903. The van der Waals surface area contributed by atoms with Gasteiger partial charge >= 0.3 is 0 Å². The smallest absolute Gasteiger partial charge is 0.139 e. The van der Waals surface area contributed by atoms with E-state index in [-0.39, 0.29) is 0 Å². The van der Waals surface area contributed by atoms with Crippen LogP contribution in [0.1, 0.15) is 12.5 Å². The fourth-order valence-electron chi connectivity index (χ4n) is 1.80. The second-order valence-corrected chi connectivity index (χ2v) is 4.38. The SMILES string of the molecule is CCNCc1ccc(Cl)cc1-c1nccn1C. The minimum absolute atomic E-state index is 0.739. The van der Waals surface area contributed by atoms with Crippen molar-refractivity contribution in [1.29, 1.82) is 0 Å². The van der Waals surface area contributed by atoms with E-state index in [0.29, 0.717) is 0 Å². The van der Waals surface area contributed by atoms with Gasteiger partial charge in [0, 0.05) is 36.6 Å². The number of hydrogen-bond acceptors (Lipinski definition) is 2. The van der Waals surface area contributed by atoms with E-state index in [4.69, 9.17) is 11.6 Å². The number of halogens is 1. The third kappa shape index (κ3) is 2.68. The van der Waals surface area contributed by atoms with Gasteiger partial charge in [-0.05, 0) is 24.2 Å². The van der Waals surface area contributed by atoms with Gasteiger partial charge in [0.15, 0.2) is 0 Å². The summed E-state index contributed by atoms with van der Waals surface area (Å²) in [5.41, 5.74) is 2.30. The topological polar surface area (TPSA) is 29.9 Å². The minimum Gasteiger partial charge on any atom is -0.334 e. The van der Waals surface area contributed by atoms with Crippen LogP contribution in [0, 0.1) is 0 Å². The van der Waals surface area contributed by atoms with Gasteiger partial charge in [0.25, 0.3) is 0 Å². The Kier molecular flexibility index (Phi) is 3.82. The summed E-state index contributed by atoms with van der Waals surface area (Å²) in [5, 5.41) is 4.06. The van der Waals surface area contributed by atoms with Crippen molar-refractivity contribution in [2.24, 2.45) is 7.05 Å². The lowest BCUT2D eigenvalue weighted by Gasteiger charge is -2.10. The van der Waals surface area contributed by atoms with Crippen LogP contribution in [0.2, 0.25) is 5.02 Å². The monoisotopic (exact) mass is 249 g/mol. The highest BCUT2D eigenvalue weighted by atomic mass is 35.5. The van der Waals surface area contributed by atoms with Crippen LogP contribution in [-0.2, 0) is 13.6 Å². The molecule has 0 saturated heterocycles.